The Hall–Kier alpha value is -3.33. The molecule has 0 bridgehead atoms. The van der Waals surface area contributed by atoms with Crippen molar-refractivity contribution >= 4 is 17.7 Å². The van der Waals surface area contributed by atoms with Gasteiger partial charge in [0.2, 0.25) is 5.16 Å². The Balaban J connectivity index is 1.55. The van der Waals surface area contributed by atoms with Gasteiger partial charge in [-0.25, -0.2) is 4.79 Å². The third kappa shape index (κ3) is 4.89. The first-order valence-corrected chi connectivity index (χ1v) is 9.07. The van der Waals surface area contributed by atoms with Gasteiger partial charge in [0.25, 0.3) is 0 Å². The molecule has 11 heteroatoms. The first-order valence-electron chi connectivity index (χ1n) is 8.08. The predicted octanol–water partition coefficient (Wildman–Crippen LogP) is 0.827. The molecule has 0 aliphatic heterocycles. The van der Waals surface area contributed by atoms with Crippen molar-refractivity contribution in [3.63, 3.8) is 0 Å². The van der Waals surface area contributed by atoms with Gasteiger partial charge in [-0.05, 0) is 46.8 Å². The van der Waals surface area contributed by atoms with Gasteiger partial charge in [0.1, 0.15) is 12.3 Å². The lowest BCUT2D eigenvalue weighted by atomic mass is 10.2. The fourth-order valence-electron chi connectivity index (χ4n) is 2.21. The number of carboxylic acid groups (broad SMARTS) is 1. The molecule has 0 spiro atoms. The number of nitrogens with zero attached hydrogens (tertiary/aromatic N) is 6. The number of thioether (sulfide) groups is 1. The van der Waals surface area contributed by atoms with Crippen LogP contribution in [0.4, 0.5) is 0 Å². The van der Waals surface area contributed by atoms with E-state index in [1.807, 2.05) is 6.07 Å². The summed E-state index contributed by atoms with van der Waals surface area (Å²) < 4.78 is 1.46. The first kappa shape index (κ1) is 19.4. The number of nitriles is 1. The normalized spacial score (nSPS) is 11.7. The molecule has 0 saturated heterocycles. The maximum Gasteiger partial charge on any atom is 0.335 e. The number of aromatic nitrogens is 5. The third-order valence-electron chi connectivity index (χ3n) is 3.64. The molecule has 2 heterocycles. The Kier molecular flexibility index (Phi) is 6.28. The number of tetrazole rings is 1. The topological polar surface area (TPSA) is 150 Å². The van der Waals surface area contributed by atoms with Gasteiger partial charge < -0.3 is 10.2 Å². The van der Waals surface area contributed by atoms with Crippen LogP contribution in [0.25, 0.3) is 5.69 Å². The van der Waals surface area contributed by atoms with Crippen LogP contribution in [0.3, 0.4) is 0 Å². The molecule has 3 rings (SSSR count). The van der Waals surface area contributed by atoms with Crippen molar-refractivity contribution in [1.29, 1.82) is 5.26 Å². The minimum atomic E-state index is -1.01. The van der Waals surface area contributed by atoms with Crippen molar-refractivity contribution in [2.75, 3.05) is 5.75 Å². The quantitative estimate of drug-likeness (QED) is 0.368. The molecule has 1 unspecified atom stereocenters. The average molecular weight is 397 g/mol. The Bertz CT molecular complexity index is 983. The maximum atomic E-state index is 10.9. The van der Waals surface area contributed by atoms with Crippen LogP contribution in [0, 0.1) is 11.3 Å². The summed E-state index contributed by atoms with van der Waals surface area (Å²) in [5, 5.41) is 42.7. The highest BCUT2D eigenvalue weighted by Crippen LogP contribution is 2.19. The fraction of sp³-hybridized carbons (Fsp3) is 0.176. The molecule has 1 atom stereocenters. The van der Waals surface area contributed by atoms with Gasteiger partial charge in [-0.2, -0.15) is 9.94 Å². The van der Waals surface area contributed by atoms with Crippen molar-refractivity contribution in [1.82, 2.24) is 30.5 Å². The number of hydrogen-bond donors (Lipinski definition) is 3. The Morgan fingerprint density at radius 3 is 2.71 bits per heavy atom. The number of aliphatic hydroxyl groups excluding tert-OH is 1. The minimum Gasteiger partial charge on any atom is -0.478 e. The number of hydrogen-bond acceptors (Lipinski definition) is 9. The smallest absolute Gasteiger partial charge is 0.335 e. The van der Waals surface area contributed by atoms with E-state index in [1.54, 1.807) is 24.3 Å². The van der Waals surface area contributed by atoms with Crippen LogP contribution in [0.2, 0.25) is 0 Å². The molecule has 10 nitrogen and oxygen atoms in total. The fourth-order valence-corrected chi connectivity index (χ4v) is 2.99. The van der Waals surface area contributed by atoms with Gasteiger partial charge in [0.15, 0.2) is 0 Å². The maximum absolute atomic E-state index is 10.9. The third-order valence-corrected chi connectivity index (χ3v) is 4.64. The van der Waals surface area contributed by atoms with Gasteiger partial charge in [-0.15, -0.1) is 5.10 Å². The largest absolute Gasteiger partial charge is 0.478 e. The van der Waals surface area contributed by atoms with E-state index in [0.717, 1.165) is 0 Å². The van der Waals surface area contributed by atoms with E-state index in [-0.39, 0.29) is 11.3 Å². The number of rotatable bonds is 8. The van der Waals surface area contributed by atoms with Gasteiger partial charge in [0.05, 0.1) is 22.5 Å². The lowest BCUT2D eigenvalue weighted by Crippen LogP contribution is -2.30. The van der Waals surface area contributed by atoms with E-state index >= 15 is 0 Å². The van der Waals surface area contributed by atoms with Crippen molar-refractivity contribution in [3.05, 3.63) is 59.4 Å². The van der Waals surface area contributed by atoms with Gasteiger partial charge in [-0.3, -0.25) is 10.3 Å². The van der Waals surface area contributed by atoms with Crippen molar-refractivity contribution < 1.29 is 15.0 Å². The second-order valence-corrected chi connectivity index (χ2v) is 6.57. The summed E-state index contributed by atoms with van der Waals surface area (Å²) in [6.45, 7) is 0.342. The zero-order valence-corrected chi connectivity index (χ0v) is 15.2. The first-order chi connectivity index (χ1) is 13.6. The molecular formula is C17H15N7O3S. The number of aliphatic hydroxyl groups is 1. The molecule has 0 aliphatic rings. The van der Waals surface area contributed by atoms with Gasteiger partial charge in [-0.1, -0.05) is 11.8 Å². The zero-order chi connectivity index (χ0) is 19.9. The highest BCUT2D eigenvalue weighted by molar-refractivity contribution is 7.99. The summed E-state index contributed by atoms with van der Waals surface area (Å²) in [5.41, 5.74) is 1.96. The minimum absolute atomic E-state index is 0.169. The summed E-state index contributed by atoms with van der Waals surface area (Å²) in [4.78, 5) is 15.1. The second-order valence-electron chi connectivity index (χ2n) is 5.58. The van der Waals surface area contributed by atoms with Crippen LogP contribution in [-0.2, 0) is 6.54 Å². The summed E-state index contributed by atoms with van der Waals surface area (Å²) in [6, 6.07) is 11.5. The highest BCUT2D eigenvalue weighted by atomic mass is 32.2. The number of nitrogens with one attached hydrogen (secondary N) is 1. The van der Waals surface area contributed by atoms with E-state index in [9.17, 15) is 9.90 Å². The highest BCUT2D eigenvalue weighted by Gasteiger charge is 2.13. The SMILES string of the molecule is N#Cc1ccc(CNC(O)CSc2nnnn2-c2ccc(C(=O)O)cc2)nc1. The number of carboxylic acids is 1. The number of carbonyl (C=O) groups is 1. The molecule has 0 fully saturated rings. The van der Waals surface area contributed by atoms with Crippen molar-refractivity contribution in [2.24, 2.45) is 0 Å². The van der Waals surface area contributed by atoms with Crippen LogP contribution in [0.15, 0.2) is 47.8 Å². The zero-order valence-electron chi connectivity index (χ0n) is 14.4. The summed E-state index contributed by atoms with van der Waals surface area (Å²) in [6.07, 6.45) is 0.643. The number of benzene rings is 1. The number of pyridine rings is 1. The van der Waals surface area contributed by atoms with Crippen molar-refractivity contribution in [2.45, 2.75) is 17.9 Å². The Morgan fingerprint density at radius 2 is 2.07 bits per heavy atom. The molecule has 28 heavy (non-hydrogen) atoms. The second kappa shape index (κ2) is 9.05. The van der Waals surface area contributed by atoms with E-state index in [2.05, 4.69) is 25.8 Å². The van der Waals surface area contributed by atoms with E-state index in [4.69, 9.17) is 10.4 Å². The Labute approximate surface area is 163 Å². The molecule has 0 saturated carbocycles. The van der Waals surface area contributed by atoms with Crippen LogP contribution in [-0.4, -0.2) is 53.4 Å². The lowest BCUT2D eigenvalue weighted by Gasteiger charge is -2.12. The van der Waals surface area contributed by atoms with E-state index in [1.165, 1.54) is 34.8 Å². The summed E-state index contributed by atoms with van der Waals surface area (Å²) in [5.74, 6) is -0.729. The number of aromatic carboxylic acids is 1. The lowest BCUT2D eigenvalue weighted by molar-refractivity contribution is 0.0697. The predicted molar refractivity (Wildman–Crippen MR) is 98.6 cm³/mol. The van der Waals surface area contributed by atoms with Crippen LogP contribution in [0.5, 0.6) is 0 Å². The van der Waals surface area contributed by atoms with E-state index < -0.39 is 12.2 Å². The molecular weight excluding hydrogens is 382 g/mol. The molecule has 142 valence electrons. The molecule has 3 N–H and O–H groups in total. The van der Waals surface area contributed by atoms with Gasteiger partial charge in [0, 0.05) is 18.5 Å². The standard InChI is InChI=1S/C17H15N7O3S/c18-7-11-1-4-13(19-8-11)9-20-15(25)10-28-17-21-22-23-24(17)14-5-2-12(3-6-14)16(26)27/h1-6,8,15,20,25H,9-10H2,(H,26,27). The molecule has 3 aromatic rings. The monoisotopic (exact) mass is 397 g/mol. The van der Waals surface area contributed by atoms with Crippen molar-refractivity contribution in [3.8, 4) is 11.8 Å². The molecule has 0 amide bonds. The summed E-state index contributed by atoms with van der Waals surface area (Å²) in [7, 11) is 0. The Morgan fingerprint density at radius 1 is 1.29 bits per heavy atom. The van der Waals surface area contributed by atoms with Crippen LogP contribution < -0.4 is 5.32 Å². The van der Waals surface area contributed by atoms with Gasteiger partial charge >= 0.3 is 5.97 Å². The average Bonchev–Trinajstić information content (AvgIpc) is 3.19. The molecule has 2 aromatic heterocycles. The molecule has 0 aliphatic carbocycles. The molecule has 1 aromatic carbocycles. The summed E-state index contributed by atoms with van der Waals surface area (Å²) >= 11 is 1.24. The van der Waals surface area contributed by atoms with Crippen LogP contribution >= 0.6 is 11.8 Å². The van der Waals surface area contributed by atoms with E-state index in [0.29, 0.717) is 28.6 Å². The molecule has 0 radical (unpaired) electrons. The van der Waals surface area contributed by atoms with Crippen LogP contribution in [0.1, 0.15) is 21.6 Å².